The summed E-state index contributed by atoms with van der Waals surface area (Å²) in [7, 11) is 0. The quantitative estimate of drug-likeness (QED) is 0.438. The number of piperidine rings is 1. The standard InChI is InChI=1S/C21H24N6O2S/c1-14-13-15(2)24-21(23-14)30-12-8-18(28)27-10-6-16(7-11-27)19-25-20(29-26-19)17-5-3-4-9-22-17/h3-5,9,13,16H,6-8,10-12H2,1-2H3. The molecule has 0 atom stereocenters. The Balaban J connectivity index is 1.25. The highest BCUT2D eigenvalue weighted by Gasteiger charge is 2.27. The van der Waals surface area contributed by atoms with Crippen LogP contribution in [0.25, 0.3) is 11.6 Å². The van der Waals surface area contributed by atoms with Crippen LogP contribution in [0.4, 0.5) is 0 Å². The number of carbonyl (C=O) groups is 1. The molecule has 1 aliphatic heterocycles. The second-order valence-electron chi connectivity index (χ2n) is 7.36. The maximum atomic E-state index is 12.6. The van der Waals surface area contributed by atoms with Gasteiger partial charge in [-0.1, -0.05) is 23.0 Å². The van der Waals surface area contributed by atoms with Crippen LogP contribution in [0.1, 0.15) is 42.4 Å². The molecule has 9 heteroatoms. The molecule has 8 nitrogen and oxygen atoms in total. The number of pyridine rings is 1. The molecule has 4 heterocycles. The van der Waals surface area contributed by atoms with Crippen molar-refractivity contribution < 1.29 is 9.32 Å². The summed E-state index contributed by atoms with van der Waals surface area (Å²) >= 11 is 1.53. The second kappa shape index (κ2) is 9.34. The van der Waals surface area contributed by atoms with Crippen molar-refractivity contribution in [3.8, 4) is 11.6 Å². The normalized spacial score (nSPS) is 14.8. The third kappa shape index (κ3) is 5.02. The molecule has 4 rings (SSSR count). The first-order valence-corrected chi connectivity index (χ1v) is 11.0. The van der Waals surface area contributed by atoms with Crippen LogP contribution < -0.4 is 0 Å². The number of likely N-dealkylation sites (tertiary alicyclic amines) is 1. The van der Waals surface area contributed by atoms with Gasteiger partial charge in [-0.2, -0.15) is 4.98 Å². The molecule has 1 saturated heterocycles. The molecule has 0 bridgehead atoms. The number of amides is 1. The number of rotatable bonds is 6. The van der Waals surface area contributed by atoms with E-state index in [0.717, 1.165) is 29.4 Å². The highest BCUT2D eigenvalue weighted by molar-refractivity contribution is 7.99. The maximum absolute atomic E-state index is 12.6. The van der Waals surface area contributed by atoms with Crippen LogP contribution in [-0.2, 0) is 4.79 Å². The summed E-state index contributed by atoms with van der Waals surface area (Å²) in [4.78, 5) is 32.1. The lowest BCUT2D eigenvalue weighted by Gasteiger charge is -2.30. The second-order valence-corrected chi connectivity index (χ2v) is 8.42. The van der Waals surface area contributed by atoms with Crippen molar-refractivity contribution in [2.45, 2.75) is 44.2 Å². The Labute approximate surface area is 179 Å². The summed E-state index contributed by atoms with van der Waals surface area (Å²) in [5.74, 6) is 2.20. The van der Waals surface area contributed by atoms with Gasteiger partial charge in [-0.15, -0.1) is 0 Å². The Morgan fingerprint density at radius 2 is 1.93 bits per heavy atom. The van der Waals surface area contributed by atoms with Crippen LogP contribution in [0.3, 0.4) is 0 Å². The summed E-state index contributed by atoms with van der Waals surface area (Å²) in [6.07, 6.45) is 3.85. The van der Waals surface area contributed by atoms with E-state index in [-0.39, 0.29) is 11.8 Å². The molecule has 0 spiro atoms. The lowest BCUT2D eigenvalue weighted by molar-refractivity contribution is -0.131. The zero-order valence-electron chi connectivity index (χ0n) is 17.1. The minimum atomic E-state index is 0.174. The predicted octanol–water partition coefficient (Wildman–Crippen LogP) is 3.43. The first-order chi connectivity index (χ1) is 14.6. The molecule has 3 aromatic heterocycles. The molecule has 1 amide bonds. The van der Waals surface area contributed by atoms with Gasteiger partial charge < -0.3 is 9.42 Å². The molecule has 156 valence electrons. The molecule has 1 aliphatic rings. The molecule has 0 aliphatic carbocycles. The third-order valence-electron chi connectivity index (χ3n) is 5.05. The number of hydrogen-bond acceptors (Lipinski definition) is 8. The van der Waals surface area contributed by atoms with Gasteiger partial charge in [0, 0.05) is 48.8 Å². The van der Waals surface area contributed by atoms with E-state index < -0.39 is 0 Å². The number of nitrogens with zero attached hydrogens (tertiary/aromatic N) is 6. The van der Waals surface area contributed by atoms with E-state index >= 15 is 0 Å². The monoisotopic (exact) mass is 424 g/mol. The Morgan fingerprint density at radius 1 is 1.17 bits per heavy atom. The Morgan fingerprint density at radius 3 is 2.63 bits per heavy atom. The summed E-state index contributed by atoms with van der Waals surface area (Å²) in [6, 6.07) is 7.53. The van der Waals surface area contributed by atoms with Crippen molar-refractivity contribution in [1.29, 1.82) is 0 Å². The van der Waals surface area contributed by atoms with Crippen molar-refractivity contribution in [2.75, 3.05) is 18.8 Å². The van der Waals surface area contributed by atoms with Gasteiger partial charge in [0.1, 0.15) is 5.69 Å². The number of aryl methyl sites for hydroxylation is 2. The summed E-state index contributed by atoms with van der Waals surface area (Å²) in [6.45, 7) is 5.33. The van der Waals surface area contributed by atoms with Crippen molar-refractivity contribution in [3.63, 3.8) is 0 Å². The van der Waals surface area contributed by atoms with Gasteiger partial charge in [0.2, 0.25) is 5.91 Å². The largest absolute Gasteiger partial charge is 0.343 e. The number of aromatic nitrogens is 5. The van der Waals surface area contributed by atoms with E-state index in [4.69, 9.17) is 4.52 Å². The molecule has 0 radical (unpaired) electrons. The van der Waals surface area contributed by atoms with Crippen molar-refractivity contribution in [2.24, 2.45) is 0 Å². The van der Waals surface area contributed by atoms with Crippen molar-refractivity contribution in [1.82, 2.24) is 30.0 Å². The topological polar surface area (TPSA) is 97.9 Å². The Kier molecular flexibility index (Phi) is 6.37. The molecular weight excluding hydrogens is 400 g/mol. The van der Waals surface area contributed by atoms with Crippen molar-refractivity contribution >= 4 is 17.7 Å². The van der Waals surface area contributed by atoms with E-state index in [2.05, 4.69) is 25.1 Å². The first-order valence-electron chi connectivity index (χ1n) is 10.1. The van der Waals surface area contributed by atoms with E-state index in [1.54, 1.807) is 6.20 Å². The maximum Gasteiger partial charge on any atom is 0.276 e. The molecule has 1 fully saturated rings. The number of hydrogen-bond donors (Lipinski definition) is 0. The smallest absolute Gasteiger partial charge is 0.276 e. The molecular formula is C21H24N6O2S. The van der Waals surface area contributed by atoms with Crippen LogP contribution in [0.5, 0.6) is 0 Å². The van der Waals surface area contributed by atoms with Gasteiger partial charge in [0.05, 0.1) is 0 Å². The molecule has 0 aromatic carbocycles. The van der Waals surface area contributed by atoms with Crippen LogP contribution in [-0.4, -0.2) is 54.7 Å². The fourth-order valence-corrected chi connectivity index (χ4v) is 4.40. The first kappa shape index (κ1) is 20.5. The number of thioether (sulfide) groups is 1. The Hall–Kier alpha value is -2.81. The van der Waals surface area contributed by atoms with E-state index in [0.29, 0.717) is 42.7 Å². The molecule has 3 aromatic rings. The highest BCUT2D eigenvalue weighted by Crippen LogP contribution is 2.28. The van der Waals surface area contributed by atoms with Gasteiger partial charge in [-0.25, -0.2) is 9.97 Å². The minimum Gasteiger partial charge on any atom is -0.343 e. The lowest BCUT2D eigenvalue weighted by atomic mass is 9.96. The van der Waals surface area contributed by atoms with E-state index in [9.17, 15) is 4.79 Å². The fourth-order valence-electron chi connectivity index (χ4n) is 3.53. The van der Waals surface area contributed by atoms with Crippen LogP contribution in [0.2, 0.25) is 0 Å². The average Bonchev–Trinajstić information content (AvgIpc) is 3.24. The molecule has 0 unspecified atom stereocenters. The third-order valence-corrected chi connectivity index (χ3v) is 5.90. The highest BCUT2D eigenvalue weighted by atomic mass is 32.2. The van der Waals surface area contributed by atoms with E-state index in [1.807, 2.05) is 43.0 Å². The van der Waals surface area contributed by atoms with Crippen LogP contribution in [0.15, 0.2) is 40.1 Å². The van der Waals surface area contributed by atoms with E-state index in [1.165, 1.54) is 11.8 Å². The summed E-state index contributed by atoms with van der Waals surface area (Å²) in [5.41, 5.74) is 2.58. The lowest BCUT2D eigenvalue weighted by Crippen LogP contribution is -2.38. The van der Waals surface area contributed by atoms with Gasteiger partial charge >= 0.3 is 0 Å². The molecule has 30 heavy (non-hydrogen) atoms. The van der Waals surface area contributed by atoms with Gasteiger partial charge in [-0.05, 0) is 44.9 Å². The Bertz CT molecular complexity index is 981. The van der Waals surface area contributed by atoms with Gasteiger partial charge in [0.15, 0.2) is 11.0 Å². The molecule has 0 N–H and O–H groups in total. The zero-order valence-corrected chi connectivity index (χ0v) is 17.9. The average molecular weight is 425 g/mol. The van der Waals surface area contributed by atoms with Crippen LogP contribution in [0, 0.1) is 13.8 Å². The van der Waals surface area contributed by atoms with Crippen molar-refractivity contribution in [3.05, 3.63) is 47.7 Å². The van der Waals surface area contributed by atoms with Crippen LogP contribution >= 0.6 is 11.8 Å². The summed E-state index contributed by atoms with van der Waals surface area (Å²) in [5, 5.41) is 4.87. The summed E-state index contributed by atoms with van der Waals surface area (Å²) < 4.78 is 5.37. The predicted molar refractivity (Wildman–Crippen MR) is 113 cm³/mol. The zero-order chi connectivity index (χ0) is 20.9. The SMILES string of the molecule is Cc1cc(C)nc(SCCC(=O)N2CCC(c3noc(-c4ccccn4)n3)CC2)n1. The van der Waals surface area contributed by atoms with Gasteiger partial charge in [0.25, 0.3) is 5.89 Å². The fraction of sp³-hybridized carbons (Fsp3) is 0.429. The van der Waals surface area contributed by atoms with Gasteiger partial charge in [-0.3, -0.25) is 9.78 Å². The number of carbonyl (C=O) groups excluding carboxylic acids is 1. The minimum absolute atomic E-state index is 0.174. The molecule has 0 saturated carbocycles.